The Bertz CT molecular complexity index is 490. The molecule has 1 heterocycles. The summed E-state index contributed by atoms with van der Waals surface area (Å²) in [6, 6.07) is 4.64. The second-order valence-corrected chi connectivity index (χ2v) is 5.91. The largest absolute Gasteiger partial charge is 0.338 e. The number of benzene rings is 1. The first-order valence-electron chi connectivity index (χ1n) is 7.89. The molecule has 1 atom stereocenters. The summed E-state index contributed by atoms with van der Waals surface area (Å²) in [5.74, 6) is 0.555. The van der Waals surface area contributed by atoms with Crippen molar-refractivity contribution in [1.82, 2.24) is 4.90 Å². The van der Waals surface area contributed by atoms with E-state index in [1.54, 1.807) is 6.07 Å². The minimum Gasteiger partial charge on any atom is -0.338 e. The molecule has 116 valence electrons. The minimum atomic E-state index is -0.270. The number of carbonyl (C=O) groups is 1. The van der Waals surface area contributed by atoms with Gasteiger partial charge in [0.25, 0.3) is 0 Å². The van der Waals surface area contributed by atoms with Gasteiger partial charge in [-0.2, -0.15) is 0 Å². The summed E-state index contributed by atoms with van der Waals surface area (Å²) in [4.78, 5) is 14.1. The van der Waals surface area contributed by atoms with Gasteiger partial charge in [-0.05, 0) is 42.0 Å². The monoisotopic (exact) mass is 292 g/mol. The predicted molar refractivity (Wildman–Crippen MR) is 82.0 cm³/mol. The second-order valence-electron chi connectivity index (χ2n) is 5.91. The van der Waals surface area contributed by atoms with Crippen LogP contribution in [-0.2, 0) is 17.9 Å². The summed E-state index contributed by atoms with van der Waals surface area (Å²) in [6.45, 7) is 3.80. The summed E-state index contributed by atoms with van der Waals surface area (Å²) in [5.41, 5.74) is 7.46. The van der Waals surface area contributed by atoms with Gasteiger partial charge in [0.15, 0.2) is 0 Å². The summed E-state index contributed by atoms with van der Waals surface area (Å²) in [6.07, 6.45) is 5.00. The van der Waals surface area contributed by atoms with Gasteiger partial charge in [0, 0.05) is 26.1 Å². The van der Waals surface area contributed by atoms with Crippen LogP contribution in [0.3, 0.4) is 0 Å². The number of amides is 1. The fraction of sp³-hybridized carbons (Fsp3) is 0.588. The summed E-state index contributed by atoms with van der Waals surface area (Å²) >= 11 is 0. The van der Waals surface area contributed by atoms with E-state index in [1.807, 2.05) is 4.90 Å². The van der Waals surface area contributed by atoms with Crippen LogP contribution < -0.4 is 5.73 Å². The quantitative estimate of drug-likeness (QED) is 0.905. The number of rotatable bonds is 5. The van der Waals surface area contributed by atoms with E-state index >= 15 is 0 Å². The first-order valence-corrected chi connectivity index (χ1v) is 7.89. The van der Waals surface area contributed by atoms with Crippen molar-refractivity contribution < 1.29 is 9.18 Å². The fourth-order valence-electron chi connectivity index (χ4n) is 3.10. The van der Waals surface area contributed by atoms with E-state index < -0.39 is 0 Å². The first-order chi connectivity index (χ1) is 10.1. The Morgan fingerprint density at radius 2 is 2.14 bits per heavy atom. The van der Waals surface area contributed by atoms with Gasteiger partial charge < -0.3 is 10.6 Å². The maximum atomic E-state index is 13.4. The van der Waals surface area contributed by atoms with Gasteiger partial charge in [-0.1, -0.05) is 25.8 Å². The summed E-state index contributed by atoms with van der Waals surface area (Å²) in [5, 5.41) is 0. The zero-order valence-corrected chi connectivity index (χ0v) is 12.8. The van der Waals surface area contributed by atoms with E-state index in [1.165, 1.54) is 25.0 Å². The number of halogens is 1. The number of nitrogens with zero attached hydrogens (tertiary/aromatic N) is 1. The number of nitrogens with two attached hydrogens (primary N) is 1. The van der Waals surface area contributed by atoms with Crippen molar-refractivity contribution in [2.24, 2.45) is 11.7 Å². The molecule has 0 aromatic heterocycles. The SMILES string of the molecule is CCCC1CCC(=O)N(Cc2cc(F)ccc2CN)CC1. The van der Waals surface area contributed by atoms with E-state index in [4.69, 9.17) is 5.73 Å². The molecule has 1 unspecified atom stereocenters. The molecule has 0 radical (unpaired) electrons. The Hall–Kier alpha value is -1.42. The smallest absolute Gasteiger partial charge is 0.222 e. The number of carbonyl (C=O) groups excluding carboxylic acids is 1. The van der Waals surface area contributed by atoms with Crippen LogP contribution >= 0.6 is 0 Å². The molecule has 1 fully saturated rings. The maximum Gasteiger partial charge on any atom is 0.222 e. The molecule has 0 bridgehead atoms. The van der Waals surface area contributed by atoms with Crippen molar-refractivity contribution >= 4 is 5.91 Å². The highest BCUT2D eigenvalue weighted by Gasteiger charge is 2.22. The Kier molecular flexibility index (Phi) is 5.74. The average Bonchev–Trinajstić information content (AvgIpc) is 2.64. The van der Waals surface area contributed by atoms with Crippen LogP contribution in [0.2, 0.25) is 0 Å². The highest BCUT2D eigenvalue weighted by molar-refractivity contribution is 5.76. The van der Waals surface area contributed by atoms with E-state index in [0.717, 1.165) is 30.5 Å². The molecule has 4 heteroatoms. The van der Waals surface area contributed by atoms with Gasteiger partial charge in [-0.25, -0.2) is 4.39 Å². The molecule has 1 aliphatic heterocycles. The van der Waals surface area contributed by atoms with Crippen LogP contribution in [0.1, 0.15) is 50.2 Å². The molecular weight excluding hydrogens is 267 g/mol. The number of hydrogen-bond donors (Lipinski definition) is 1. The number of likely N-dealkylation sites (tertiary alicyclic amines) is 1. The third kappa shape index (κ3) is 4.27. The molecule has 1 aliphatic rings. The van der Waals surface area contributed by atoms with Crippen molar-refractivity contribution in [1.29, 1.82) is 0 Å². The van der Waals surface area contributed by atoms with Gasteiger partial charge in [-0.15, -0.1) is 0 Å². The lowest BCUT2D eigenvalue weighted by molar-refractivity contribution is -0.131. The van der Waals surface area contributed by atoms with E-state index in [-0.39, 0.29) is 11.7 Å². The third-order valence-electron chi connectivity index (χ3n) is 4.37. The van der Waals surface area contributed by atoms with Gasteiger partial charge in [0.05, 0.1) is 0 Å². The van der Waals surface area contributed by atoms with Crippen molar-refractivity contribution in [3.8, 4) is 0 Å². The zero-order chi connectivity index (χ0) is 15.2. The molecule has 21 heavy (non-hydrogen) atoms. The molecule has 2 rings (SSSR count). The van der Waals surface area contributed by atoms with Crippen LogP contribution in [0.4, 0.5) is 4.39 Å². The summed E-state index contributed by atoms with van der Waals surface area (Å²) < 4.78 is 13.4. The number of hydrogen-bond acceptors (Lipinski definition) is 2. The Labute approximate surface area is 126 Å². The third-order valence-corrected chi connectivity index (χ3v) is 4.37. The Balaban J connectivity index is 2.08. The van der Waals surface area contributed by atoms with Gasteiger partial charge >= 0.3 is 0 Å². The molecule has 1 aromatic rings. The molecule has 1 aromatic carbocycles. The van der Waals surface area contributed by atoms with E-state index in [0.29, 0.717) is 25.4 Å². The molecule has 0 spiro atoms. The van der Waals surface area contributed by atoms with Gasteiger partial charge in [0.1, 0.15) is 5.82 Å². The van der Waals surface area contributed by atoms with Crippen molar-refractivity contribution in [3.63, 3.8) is 0 Å². The highest BCUT2D eigenvalue weighted by Crippen LogP contribution is 2.24. The van der Waals surface area contributed by atoms with Crippen molar-refractivity contribution in [3.05, 3.63) is 35.1 Å². The van der Waals surface area contributed by atoms with E-state index in [9.17, 15) is 9.18 Å². The molecule has 0 aliphatic carbocycles. The minimum absolute atomic E-state index is 0.181. The fourth-order valence-corrected chi connectivity index (χ4v) is 3.10. The normalized spacial score (nSPS) is 19.7. The lowest BCUT2D eigenvalue weighted by Gasteiger charge is -2.22. The lowest BCUT2D eigenvalue weighted by Crippen LogP contribution is -2.30. The second kappa shape index (κ2) is 7.55. The molecule has 1 saturated heterocycles. The molecule has 0 saturated carbocycles. The zero-order valence-electron chi connectivity index (χ0n) is 12.8. The first kappa shape index (κ1) is 16.0. The molecule has 1 amide bonds. The lowest BCUT2D eigenvalue weighted by atomic mass is 9.96. The standard InChI is InChI=1S/C17H25FN2O/c1-2-3-13-4-7-17(21)20(9-8-13)12-15-10-16(18)6-5-14(15)11-19/h5-6,10,13H,2-4,7-9,11-12,19H2,1H3. The van der Waals surface area contributed by atoms with Crippen molar-refractivity contribution in [2.75, 3.05) is 6.54 Å². The Morgan fingerprint density at radius 3 is 2.86 bits per heavy atom. The van der Waals surface area contributed by atoms with Gasteiger partial charge in [0.2, 0.25) is 5.91 Å². The topological polar surface area (TPSA) is 46.3 Å². The van der Waals surface area contributed by atoms with E-state index in [2.05, 4.69) is 6.92 Å². The highest BCUT2D eigenvalue weighted by atomic mass is 19.1. The average molecular weight is 292 g/mol. The summed E-state index contributed by atoms with van der Waals surface area (Å²) in [7, 11) is 0. The molecule has 2 N–H and O–H groups in total. The Morgan fingerprint density at radius 1 is 1.33 bits per heavy atom. The van der Waals surface area contributed by atoms with Gasteiger partial charge in [-0.3, -0.25) is 4.79 Å². The predicted octanol–water partition coefficient (Wildman–Crippen LogP) is 3.21. The van der Waals surface area contributed by atoms with Crippen LogP contribution in [-0.4, -0.2) is 17.4 Å². The van der Waals surface area contributed by atoms with Crippen LogP contribution in [0.25, 0.3) is 0 Å². The molecular formula is C17H25FN2O. The van der Waals surface area contributed by atoms with Crippen LogP contribution in [0, 0.1) is 11.7 Å². The molecule has 3 nitrogen and oxygen atoms in total. The maximum absolute atomic E-state index is 13.4. The van der Waals surface area contributed by atoms with Crippen molar-refractivity contribution in [2.45, 2.75) is 52.1 Å². The van der Waals surface area contributed by atoms with Crippen LogP contribution in [0.15, 0.2) is 18.2 Å². The van der Waals surface area contributed by atoms with Crippen LogP contribution in [0.5, 0.6) is 0 Å².